The standard InChI is InChI=1S/C30H35N3O4/c1-35-30(36-2)14-12-21(13-15-30)16-27(34)33-25-17-26(22-6-4-3-5-7-22)28(32-18-25)23-8-10-24(11-9-23)29(31)19-37-20-29/h3-11,17-18,21H,12-16,19-20,31H2,1-2H3,(H,33,34). The number of rotatable bonds is 8. The topological polar surface area (TPSA) is 95.7 Å². The maximum atomic E-state index is 12.9. The number of carbonyl (C=O) groups is 1. The minimum Gasteiger partial charge on any atom is -0.377 e. The fourth-order valence-electron chi connectivity index (χ4n) is 5.34. The fraction of sp³-hybridized carbons (Fsp3) is 0.400. The first-order chi connectivity index (χ1) is 17.9. The zero-order valence-electron chi connectivity index (χ0n) is 21.5. The number of benzene rings is 2. The van der Waals surface area contributed by atoms with Crippen LogP contribution >= 0.6 is 0 Å². The maximum absolute atomic E-state index is 12.9. The number of hydrogen-bond donors (Lipinski definition) is 2. The van der Waals surface area contributed by atoms with E-state index in [1.807, 2.05) is 24.3 Å². The molecule has 3 aromatic rings. The normalized spacial score (nSPS) is 18.7. The first kappa shape index (κ1) is 25.5. The highest BCUT2D eigenvalue weighted by atomic mass is 16.7. The van der Waals surface area contributed by atoms with Crippen LogP contribution in [-0.2, 0) is 24.5 Å². The van der Waals surface area contributed by atoms with Gasteiger partial charge in [0.2, 0.25) is 5.91 Å². The van der Waals surface area contributed by atoms with Gasteiger partial charge in [0.25, 0.3) is 0 Å². The Bertz CT molecular complexity index is 1210. The van der Waals surface area contributed by atoms with Gasteiger partial charge in [-0.25, -0.2) is 0 Å². The van der Waals surface area contributed by atoms with Gasteiger partial charge in [-0.1, -0.05) is 54.6 Å². The van der Waals surface area contributed by atoms with Crippen molar-refractivity contribution in [3.8, 4) is 22.4 Å². The maximum Gasteiger partial charge on any atom is 0.224 e. The summed E-state index contributed by atoms with van der Waals surface area (Å²) in [4.78, 5) is 17.7. The smallest absolute Gasteiger partial charge is 0.224 e. The molecule has 37 heavy (non-hydrogen) atoms. The minimum atomic E-state index is -0.508. The van der Waals surface area contributed by atoms with E-state index in [2.05, 4.69) is 41.7 Å². The van der Waals surface area contributed by atoms with E-state index in [4.69, 9.17) is 24.9 Å². The van der Waals surface area contributed by atoms with Crippen molar-refractivity contribution in [3.05, 3.63) is 72.4 Å². The summed E-state index contributed by atoms with van der Waals surface area (Å²) >= 11 is 0. The van der Waals surface area contributed by atoms with Crippen LogP contribution in [0, 0.1) is 5.92 Å². The van der Waals surface area contributed by atoms with E-state index >= 15 is 0 Å². The molecule has 0 unspecified atom stereocenters. The van der Waals surface area contributed by atoms with Crippen molar-refractivity contribution >= 4 is 11.6 Å². The van der Waals surface area contributed by atoms with Crippen LogP contribution in [0.4, 0.5) is 5.69 Å². The van der Waals surface area contributed by atoms with Crippen LogP contribution < -0.4 is 11.1 Å². The monoisotopic (exact) mass is 501 g/mol. The Morgan fingerprint density at radius 3 is 2.30 bits per heavy atom. The third-order valence-corrected chi connectivity index (χ3v) is 7.79. The van der Waals surface area contributed by atoms with E-state index in [9.17, 15) is 4.79 Å². The van der Waals surface area contributed by atoms with Gasteiger partial charge in [-0.15, -0.1) is 0 Å². The van der Waals surface area contributed by atoms with Crippen molar-refractivity contribution in [1.29, 1.82) is 0 Å². The second kappa shape index (κ2) is 10.7. The lowest BCUT2D eigenvalue weighted by Gasteiger charge is -2.38. The molecule has 2 aliphatic rings. The van der Waals surface area contributed by atoms with E-state index in [1.165, 1.54) is 0 Å². The number of pyridine rings is 1. The lowest BCUT2D eigenvalue weighted by atomic mass is 9.83. The van der Waals surface area contributed by atoms with E-state index in [1.54, 1.807) is 20.4 Å². The lowest BCUT2D eigenvalue weighted by molar-refractivity contribution is -0.227. The number of anilines is 1. The third-order valence-electron chi connectivity index (χ3n) is 7.79. The number of carbonyl (C=O) groups excluding carboxylic acids is 1. The first-order valence-electron chi connectivity index (χ1n) is 12.9. The molecule has 1 saturated heterocycles. The summed E-state index contributed by atoms with van der Waals surface area (Å²) < 4.78 is 16.5. The number of nitrogens with one attached hydrogen (secondary N) is 1. The zero-order chi connectivity index (χ0) is 25.9. The molecule has 0 bridgehead atoms. The molecule has 7 heteroatoms. The van der Waals surface area contributed by atoms with E-state index < -0.39 is 11.3 Å². The van der Waals surface area contributed by atoms with Gasteiger partial charge in [-0.2, -0.15) is 0 Å². The molecule has 1 saturated carbocycles. The van der Waals surface area contributed by atoms with Crippen LogP contribution in [0.5, 0.6) is 0 Å². The molecule has 0 atom stereocenters. The van der Waals surface area contributed by atoms with E-state index in [-0.39, 0.29) is 5.91 Å². The summed E-state index contributed by atoms with van der Waals surface area (Å²) in [6.45, 7) is 1.07. The quantitative estimate of drug-likeness (QED) is 0.417. The number of aromatic nitrogens is 1. The Hall–Kier alpha value is -3.10. The Morgan fingerprint density at radius 2 is 1.70 bits per heavy atom. The molecule has 7 nitrogen and oxygen atoms in total. The van der Waals surface area contributed by atoms with Crippen molar-refractivity contribution in [3.63, 3.8) is 0 Å². The second-order valence-corrected chi connectivity index (χ2v) is 10.2. The van der Waals surface area contributed by atoms with Crippen molar-refractivity contribution in [2.45, 2.75) is 43.4 Å². The largest absolute Gasteiger partial charge is 0.377 e. The molecule has 0 radical (unpaired) electrons. The molecule has 2 aromatic carbocycles. The average molecular weight is 502 g/mol. The molecular formula is C30H35N3O4. The van der Waals surface area contributed by atoms with Crippen molar-refractivity contribution in [2.24, 2.45) is 11.7 Å². The van der Waals surface area contributed by atoms with Gasteiger partial charge in [-0.05, 0) is 36.0 Å². The third kappa shape index (κ3) is 5.45. The molecule has 2 fully saturated rings. The molecule has 5 rings (SSSR count). The van der Waals surface area contributed by atoms with Gasteiger partial charge >= 0.3 is 0 Å². The Balaban J connectivity index is 1.33. The van der Waals surface area contributed by atoms with Crippen molar-refractivity contribution < 1.29 is 19.0 Å². The summed E-state index contributed by atoms with van der Waals surface area (Å²) in [6, 6.07) is 20.3. The molecule has 1 amide bonds. The molecule has 1 aromatic heterocycles. The van der Waals surface area contributed by atoms with Crippen LogP contribution in [0.3, 0.4) is 0 Å². The highest BCUT2D eigenvalue weighted by molar-refractivity contribution is 5.93. The highest BCUT2D eigenvalue weighted by Crippen LogP contribution is 2.37. The first-order valence-corrected chi connectivity index (χ1v) is 12.9. The Morgan fingerprint density at radius 1 is 1.03 bits per heavy atom. The van der Waals surface area contributed by atoms with Crippen LogP contribution in [0.15, 0.2) is 66.9 Å². The number of nitrogens with zero attached hydrogens (tertiary/aromatic N) is 1. The molecule has 1 aliphatic heterocycles. The Labute approximate surface area is 218 Å². The van der Waals surface area contributed by atoms with Crippen molar-refractivity contribution in [2.75, 3.05) is 32.8 Å². The lowest BCUT2D eigenvalue weighted by Crippen LogP contribution is -2.54. The average Bonchev–Trinajstić information content (AvgIpc) is 2.93. The molecule has 2 heterocycles. The fourth-order valence-corrected chi connectivity index (χ4v) is 5.34. The van der Waals surface area contributed by atoms with E-state index in [0.29, 0.717) is 31.2 Å². The second-order valence-electron chi connectivity index (χ2n) is 10.2. The molecule has 3 N–H and O–H groups in total. The van der Waals surface area contributed by atoms with Gasteiger partial charge in [0.1, 0.15) is 0 Å². The van der Waals surface area contributed by atoms with Gasteiger partial charge in [0, 0.05) is 44.6 Å². The minimum absolute atomic E-state index is 0.00112. The van der Waals surface area contributed by atoms with Gasteiger partial charge in [0.15, 0.2) is 5.79 Å². The number of hydrogen-bond acceptors (Lipinski definition) is 6. The number of ether oxygens (including phenoxy) is 3. The van der Waals surface area contributed by atoms with Gasteiger partial charge in [-0.3, -0.25) is 9.78 Å². The van der Waals surface area contributed by atoms with Crippen LogP contribution in [0.1, 0.15) is 37.7 Å². The van der Waals surface area contributed by atoms with Crippen molar-refractivity contribution in [1.82, 2.24) is 4.98 Å². The van der Waals surface area contributed by atoms with Gasteiger partial charge < -0.3 is 25.3 Å². The number of nitrogens with two attached hydrogens (primary N) is 1. The number of amides is 1. The Kier molecular flexibility index (Phi) is 7.40. The SMILES string of the molecule is COC1(OC)CCC(CC(=O)Nc2cnc(-c3ccc(C4(N)COC4)cc3)c(-c3ccccc3)c2)CC1. The zero-order valence-corrected chi connectivity index (χ0v) is 21.5. The summed E-state index contributed by atoms with van der Waals surface area (Å²) in [6.07, 6.45) is 5.59. The summed E-state index contributed by atoms with van der Waals surface area (Å²) in [5.74, 6) is -0.197. The molecule has 194 valence electrons. The molecule has 1 aliphatic carbocycles. The highest BCUT2D eigenvalue weighted by Gasteiger charge is 2.36. The van der Waals surface area contributed by atoms with Crippen LogP contribution in [-0.4, -0.2) is 44.1 Å². The summed E-state index contributed by atoms with van der Waals surface area (Å²) in [5, 5.41) is 3.08. The summed E-state index contributed by atoms with van der Waals surface area (Å²) in [7, 11) is 3.37. The van der Waals surface area contributed by atoms with Gasteiger partial charge in [0.05, 0.1) is 36.3 Å². The number of methoxy groups -OCH3 is 2. The predicted molar refractivity (Wildman–Crippen MR) is 144 cm³/mol. The van der Waals surface area contributed by atoms with Crippen LogP contribution in [0.25, 0.3) is 22.4 Å². The molecular weight excluding hydrogens is 466 g/mol. The predicted octanol–water partition coefficient (Wildman–Crippen LogP) is 5.11. The van der Waals surface area contributed by atoms with Crippen LogP contribution in [0.2, 0.25) is 0 Å². The summed E-state index contributed by atoms with van der Waals surface area (Å²) in [5.41, 5.74) is 11.6. The van der Waals surface area contributed by atoms with E-state index in [0.717, 1.165) is 53.6 Å². The molecule has 0 spiro atoms.